The molecule has 2 N–H and O–H groups in total. The first-order valence-corrected chi connectivity index (χ1v) is 8.56. The van der Waals surface area contributed by atoms with Gasteiger partial charge in [-0.1, -0.05) is 18.2 Å². The van der Waals surface area contributed by atoms with Crippen LogP contribution in [-0.2, 0) is 17.6 Å². The third-order valence-electron chi connectivity index (χ3n) is 4.19. The van der Waals surface area contributed by atoms with Crippen molar-refractivity contribution in [3.8, 4) is 0 Å². The van der Waals surface area contributed by atoms with Crippen LogP contribution in [0.25, 0.3) is 0 Å². The summed E-state index contributed by atoms with van der Waals surface area (Å²) >= 11 is 1.60. The lowest BCUT2D eigenvalue weighted by atomic mass is 10.1. The molecular formula is C17H21NO2S. The van der Waals surface area contributed by atoms with Crippen molar-refractivity contribution in [2.75, 3.05) is 12.4 Å². The molecule has 0 bridgehead atoms. The van der Waals surface area contributed by atoms with E-state index in [1.807, 2.05) is 12.2 Å². The van der Waals surface area contributed by atoms with Gasteiger partial charge in [-0.15, -0.1) is 11.8 Å². The molecule has 3 nitrogen and oxygen atoms in total. The van der Waals surface area contributed by atoms with Crippen LogP contribution in [-0.4, -0.2) is 29.4 Å². The quantitative estimate of drug-likeness (QED) is 0.648. The SMILES string of the molecule is O=C(CSc1ccc2c(c1)CCC2)N[C@@H]1C=C[C@H](CO)C1. The van der Waals surface area contributed by atoms with Crippen molar-refractivity contribution in [1.82, 2.24) is 5.32 Å². The van der Waals surface area contributed by atoms with E-state index in [0.717, 1.165) is 6.42 Å². The van der Waals surface area contributed by atoms with Gasteiger partial charge in [0.05, 0.1) is 5.75 Å². The molecule has 0 spiro atoms. The Bertz CT molecular complexity index is 556. The summed E-state index contributed by atoms with van der Waals surface area (Å²) in [5.74, 6) is 0.709. The van der Waals surface area contributed by atoms with Gasteiger partial charge in [-0.25, -0.2) is 0 Å². The molecule has 0 aromatic heterocycles. The van der Waals surface area contributed by atoms with Crippen LogP contribution in [0, 0.1) is 5.92 Å². The molecule has 2 atom stereocenters. The molecule has 0 saturated heterocycles. The highest BCUT2D eigenvalue weighted by Crippen LogP contribution is 2.27. The number of carbonyl (C=O) groups is 1. The van der Waals surface area contributed by atoms with Gasteiger partial charge < -0.3 is 10.4 Å². The number of hydrogen-bond donors (Lipinski definition) is 2. The number of amides is 1. The fraction of sp³-hybridized carbons (Fsp3) is 0.471. The van der Waals surface area contributed by atoms with Crippen LogP contribution in [0.15, 0.2) is 35.2 Å². The summed E-state index contributed by atoms with van der Waals surface area (Å²) in [4.78, 5) is 13.2. The second-order valence-corrected chi connectivity index (χ2v) is 6.86. The number of nitrogens with one attached hydrogen (secondary N) is 1. The first-order chi connectivity index (χ1) is 10.2. The van der Waals surface area contributed by atoms with Gasteiger partial charge in [0.25, 0.3) is 0 Å². The predicted octanol–water partition coefficient (Wildman–Crippen LogP) is 2.32. The van der Waals surface area contributed by atoms with E-state index in [0.29, 0.717) is 5.75 Å². The van der Waals surface area contributed by atoms with Crippen molar-refractivity contribution >= 4 is 17.7 Å². The van der Waals surface area contributed by atoms with Crippen LogP contribution in [0.1, 0.15) is 24.0 Å². The molecule has 1 amide bonds. The van der Waals surface area contributed by atoms with Gasteiger partial charge in [0.1, 0.15) is 0 Å². The molecular weight excluding hydrogens is 282 g/mol. The number of benzene rings is 1. The molecule has 4 heteroatoms. The molecule has 0 unspecified atom stereocenters. The summed E-state index contributed by atoms with van der Waals surface area (Å²) in [6.45, 7) is 0.159. The van der Waals surface area contributed by atoms with Gasteiger partial charge in [-0.2, -0.15) is 0 Å². The zero-order valence-corrected chi connectivity index (χ0v) is 12.9. The highest BCUT2D eigenvalue weighted by molar-refractivity contribution is 8.00. The number of thioether (sulfide) groups is 1. The Hall–Kier alpha value is -1.26. The third kappa shape index (κ3) is 3.69. The van der Waals surface area contributed by atoms with Crippen LogP contribution in [0.5, 0.6) is 0 Å². The van der Waals surface area contributed by atoms with Crippen molar-refractivity contribution in [2.24, 2.45) is 5.92 Å². The molecule has 1 aromatic carbocycles. The largest absolute Gasteiger partial charge is 0.396 e. The summed E-state index contributed by atoms with van der Waals surface area (Å²) in [7, 11) is 0. The van der Waals surface area contributed by atoms with Crippen LogP contribution in [0.3, 0.4) is 0 Å². The first kappa shape index (κ1) is 14.7. The summed E-state index contributed by atoms with van der Waals surface area (Å²) < 4.78 is 0. The molecule has 0 heterocycles. The molecule has 21 heavy (non-hydrogen) atoms. The van der Waals surface area contributed by atoms with Gasteiger partial charge >= 0.3 is 0 Å². The Balaban J connectivity index is 1.47. The van der Waals surface area contributed by atoms with Gasteiger partial charge in [0, 0.05) is 23.5 Å². The highest BCUT2D eigenvalue weighted by Gasteiger charge is 2.19. The van der Waals surface area contributed by atoms with E-state index < -0.39 is 0 Å². The zero-order chi connectivity index (χ0) is 14.7. The Labute approximate surface area is 129 Å². The lowest BCUT2D eigenvalue weighted by Crippen LogP contribution is -2.34. The molecule has 0 saturated carbocycles. The number of fused-ring (bicyclic) bond motifs is 1. The standard InChI is InChI=1S/C17H21NO2S/c19-10-12-4-6-15(8-12)18-17(20)11-21-16-7-5-13-2-1-3-14(13)9-16/h4-7,9,12,15,19H,1-3,8,10-11H2,(H,18,20)/t12-,15+/m0/s1. The van der Waals surface area contributed by atoms with Crippen molar-refractivity contribution in [3.05, 3.63) is 41.5 Å². The van der Waals surface area contributed by atoms with Crippen LogP contribution >= 0.6 is 11.8 Å². The number of aliphatic hydroxyl groups excluding tert-OH is 1. The Morgan fingerprint density at radius 1 is 1.29 bits per heavy atom. The van der Waals surface area contributed by atoms with Gasteiger partial charge in [-0.3, -0.25) is 4.79 Å². The average molecular weight is 303 g/mol. The third-order valence-corrected chi connectivity index (χ3v) is 5.19. The monoisotopic (exact) mass is 303 g/mol. The zero-order valence-electron chi connectivity index (χ0n) is 12.0. The van der Waals surface area contributed by atoms with Crippen LogP contribution in [0.4, 0.5) is 0 Å². The number of rotatable bonds is 5. The maximum Gasteiger partial charge on any atom is 0.230 e. The number of carbonyl (C=O) groups excluding carboxylic acids is 1. The summed E-state index contributed by atoms with van der Waals surface area (Å²) in [6, 6.07) is 6.64. The minimum atomic E-state index is 0.0636. The summed E-state index contributed by atoms with van der Waals surface area (Å²) in [6.07, 6.45) is 8.40. The Morgan fingerprint density at radius 3 is 2.95 bits per heavy atom. The molecule has 2 aliphatic rings. The number of aryl methyl sites for hydroxylation is 2. The summed E-state index contributed by atoms with van der Waals surface area (Å²) in [5, 5.41) is 12.1. The lowest BCUT2D eigenvalue weighted by molar-refractivity contribution is -0.119. The highest BCUT2D eigenvalue weighted by atomic mass is 32.2. The number of hydrogen-bond acceptors (Lipinski definition) is 3. The van der Waals surface area contributed by atoms with Crippen molar-refractivity contribution in [2.45, 2.75) is 36.6 Å². The Morgan fingerprint density at radius 2 is 2.14 bits per heavy atom. The molecule has 1 aromatic rings. The molecule has 0 fully saturated rings. The normalized spacial score (nSPS) is 23.3. The first-order valence-electron chi connectivity index (χ1n) is 7.58. The smallest absolute Gasteiger partial charge is 0.230 e. The molecule has 112 valence electrons. The van der Waals surface area contributed by atoms with Gasteiger partial charge in [-0.05, 0) is 48.9 Å². The lowest BCUT2D eigenvalue weighted by Gasteiger charge is -2.12. The fourth-order valence-electron chi connectivity index (χ4n) is 3.05. The molecule has 3 rings (SSSR count). The molecule has 2 aliphatic carbocycles. The summed E-state index contributed by atoms with van der Waals surface area (Å²) in [5.41, 5.74) is 2.92. The minimum absolute atomic E-state index is 0.0636. The van der Waals surface area contributed by atoms with E-state index in [-0.39, 0.29) is 24.5 Å². The van der Waals surface area contributed by atoms with E-state index in [2.05, 4.69) is 23.5 Å². The maximum absolute atomic E-state index is 12.0. The van der Waals surface area contributed by atoms with Crippen molar-refractivity contribution < 1.29 is 9.90 Å². The van der Waals surface area contributed by atoms with E-state index in [1.54, 1.807) is 11.8 Å². The second-order valence-electron chi connectivity index (χ2n) is 5.81. The van der Waals surface area contributed by atoms with Crippen molar-refractivity contribution in [1.29, 1.82) is 0 Å². The van der Waals surface area contributed by atoms with E-state index in [1.165, 1.54) is 35.3 Å². The Kier molecular flexibility index (Phi) is 4.66. The average Bonchev–Trinajstić information content (AvgIpc) is 3.13. The number of aliphatic hydroxyl groups is 1. The fourth-order valence-corrected chi connectivity index (χ4v) is 3.82. The minimum Gasteiger partial charge on any atom is -0.396 e. The van der Waals surface area contributed by atoms with Crippen LogP contribution < -0.4 is 5.32 Å². The van der Waals surface area contributed by atoms with Gasteiger partial charge in [0.15, 0.2) is 0 Å². The maximum atomic E-state index is 12.0. The predicted molar refractivity (Wildman–Crippen MR) is 85.5 cm³/mol. The van der Waals surface area contributed by atoms with E-state index >= 15 is 0 Å². The van der Waals surface area contributed by atoms with E-state index in [4.69, 9.17) is 5.11 Å². The van der Waals surface area contributed by atoms with Gasteiger partial charge in [0.2, 0.25) is 5.91 Å². The van der Waals surface area contributed by atoms with Crippen LogP contribution in [0.2, 0.25) is 0 Å². The second kappa shape index (κ2) is 6.67. The van der Waals surface area contributed by atoms with E-state index in [9.17, 15) is 4.79 Å². The molecule has 0 aliphatic heterocycles. The molecule has 0 radical (unpaired) electrons. The topological polar surface area (TPSA) is 49.3 Å². The van der Waals surface area contributed by atoms with Crippen molar-refractivity contribution in [3.63, 3.8) is 0 Å².